The minimum atomic E-state index is 0.714. The Morgan fingerprint density at radius 1 is 1.62 bits per heavy atom. The molecule has 1 aliphatic rings. The van der Waals surface area contributed by atoms with Crippen molar-refractivity contribution in [2.24, 2.45) is 0 Å². The Bertz CT molecular complexity index is 268. The highest BCUT2D eigenvalue weighted by atomic mass is 35.5. The average Bonchev–Trinajstić information content (AvgIpc) is 2.71. The Morgan fingerprint density at radius 3 is 3.15 bits per heavy atom. The van der Waals surface area contributed by atoms with Gasteiger partial charge in [-0.05, 0) is 31.5 Å². The van der Waals surface area contributed by atoms with E-state index in [2.05, 4.69) is 11.4 Å². The molecule has 0 saturated carbocycles. The van der Waals surface area contributed by atoms with E-state index in [1.54, 1.807) is 11.3 Å². The summed E-state index contributed by atoms with van der Waals surface area (Å²) in [5, 5.41) is 3.48. The summed E-state index contributed by atoms with van der Waals surface area (Å²) in [5.41, 5.74) is 0. The molecule has 1 fully saturated rings. The topological polar surface area (TPSA) is 12.0 Å². The van der Waals surface area contributed by atoms with Gasteiger partial charge in [0, 0.05) is 11.8 Å². The summed E-state index contributed by atoms with van der Waals surface area (Å²) in [6.07, 6.45) is 2.66. The number of nitrogens with one attached hydrogen (secondary N) is 1. The molecule has 1 N–H and O–H groups in total. The van der Waals surface area contributed by atoms with Crippen LogP contribution in [0.15, 0.2) is 16.3 Å². The maximum Gasteiger partial charge on any atom is 0.0940 e. The van der Waals surface area contributed by atoms with Crippen LogP contribution in [-0.4, -0.2) is 18.3 Å². The van der Waals surface area contributed by atoms with Crippen LogP contribution in [0.25, 0.3) is 0 Å². The summed E-state index contributed by atoms with van der Waals surface area (Å²) >= 11 is 9.43. The summed E-state index contributed by atoms with van der Waals surface area (Å²) in [7, 11) is 0. The number of rotatable bonds is 3. The molecule has 0 radical (unpaired) electrons. The molecule has 2 rings (SSSR count). The van der Waals surface area contributed by atoms with E-state index >= 15 is 0 Å². The van der Waals surface area contributed by atoms with Gasteiger partial charge < -0.3 is 5.32 Å². The van der Waals surface area contributed by atoms with Crippen molar-refractivity contribution in [1.82, 2.24) is 5.32 Å². The van der Waals surface area contributed by atoms with Crippen LogP contribution < -0.4 is 5.32 Å². The molecule has 1 atom stereocenters. The van der Waals surface area contributed by atoms with E-state index < -0.39 is 0 Å². The van der Waals surface area contributed by atoms with Crippen molar-refractivity contribution in [1.29, 1.82) is 0 Å². The number of thioether (sulfide) groups is 1. The highest BCUT2D eigenvalue weighted by Gasteiger charge is 2.14. The summed E-state index contributed by atoms with van der Waals surface area (Å²) in [4.78, 5) is 0. The Labute approximate surface area is 91.9 Å². The van der Waals surface area contributed by atoms with E-state index in [0.29, 0.717) is 6.04 Å². The van der Waals surface area contributed by atoms with Crippen molar-refractivity contribution < 1.29 is 0 Å². The van der Waals surface area contributed by atoms with E-state index in [0.717, 1.165) is 4.34 Å². The van der Waals surface area contributed by atoms with Gasteiger partial charge in [-0.25, -0.2) is 0 Å². The van der Waals surface area contributed by atoms with Gasteiger partial charge in [-0.2, -0.15) is 0 Å². The van der Waals surface area contributed by atoms with Crippen LogP contribution in [0.5, 0.6) is 0 Å². The predicted octanol–water partition coefficient (Wildman–Crippen LogP) is 3.25. The molecule has 0 aromatic carbocycles. The van der Waals surface area contributed by atoms with Gasteiger partial charge >= 0.3 is 0 Å². The molecule has 1 aromatic rings. The quantitative estimate of drug-likeness (QED) is 0.805. The maximum atomic E-state index is 5.85. The number of halogens is 1. The zero-order chi connectivity index (χ0) is 9.10. The van der Waals surface area contributed by atoms with E-state index in [9.17, 15) is 0 Å². The number of thiophene rings is 1. The fourth-order valence-electron chi connectivity index (χ4n) is 1.46. The van der Waals surface area contributed by atoms with Crippen molar-refractivity contribution in [3.63, 3.8) is 0 Å². The molecular weight excluding hydrogens is 222 g/mol. The molecule has 1 aliphatic heterocycles. The first-order chi connectivity index (χ1) is 6.34. The molecular formula is C9H12ClNS2. The zero-order valence-electron chi connectivity index (χ0n) is 7.25. The molecule has 2 heterocycles. The van der Waals surface area contributed by atoms with Crippen LogP contribution in [0.1, 0.15) is 12.8 Å². The van der Waals surface area contributed by atoms with Gasteiger partial charge in [-0.15, -0.1) is 23.1 Å². The van der Waals surface area contributed by atoms with Gasteiger partial charge in [0.05, 0.1) is 8.55 Å². The van der Waals surface area contributed by atoms with Crippen LogP contribution in [0, 0.1) is 0 Å². The third-order valence-corrected chi connectivity index (χ3v) is 4.76. The first-order valence-corrected chi connectivity index (χ1v) is 6.64. The lowest BCUT2D eigenvalue weighted by atomic mass is 10.3. The predicted molar refractivity (Wildman–Crippen MR) is 61.1 cm³/mol. The van der Waals surface area contributed by atoms with Crippen molar-refractivity contribution in [3.8, 4) is 0 Å². The molecule has 72 valence electrons. The third kappa shape index (κ3) is 2.88. The maximum absolute atomic E-state index is 5.85. The second kappa shape index (κ2) is 4.69. The lowest BCUT2D eigenvalue weighted by molar-refractivity contribution is 0.674. The molecule has 4 heteroatoms. The Balaban J connectivity index is 1.78. The average molecular weight is 234 g/mol. The van der Waals surface area contributed by atoms with Gasteiger partial charge in [0.2, 0.25) is 0 Å². The minimum Gasteiger partial charge on any atom is -0.313 e. The van der Waals surface area contributed by atoms with Gasteiger partial charge in [-0.1, -0.05) is 11.6 Å². The molecule has 1 unspecified atom stereocenters. The lowest BCUT2D eigenvalue weighted by Crippen LogP contribution is -2.23. The lowest BCUT2D eigenvalue weighted by Gasteiger charge is -2.07. The van der Waals surface area contributed by atoms with Gasteiger partial charge in [0.15, 0.2) is 0 Å². The van der Waals surface area contributed by atoms with Crippen molar-refractivity contribution >= 4 is 34.7 Å². The van der Waals surface area contributed by atoms with Gasteiger partial charge in [-0.3, -0.25) is 0 Å². The second-order valence-electron chi connectivity index (χ2n) is 3.16. The van der Waals surface area contributed by atoms with Crippen LogP contribution in [0.3, 0.4) is 0 Å². The summed E-state index contributed by atoms with van der Waals surface area (Å²) in [5.74, 6) is 1.18. The fraction of sp³-hybridized carbons (Fsp3) is 0.556. The molecule has 0 amide bonds. The summed E-state index contributed by atoms with van der Waals surface area (Å²) < 4.78 is 2.22. The van der Waals surface area contributed by atoms with E-state index in [1.807, 2.05) is 17.8 Å². The number of hydrogen-bond acceptors (Lipinski definition) is 3. The Morgan fingerprint density at radius 2 is 2.54 bits per heavy atom. The third-order valence-electron chi connectivity index (χ3n) is 2.14. The first kappa shape index (κ1) is 9.84. The van der Waals surface area contributed by atoms with Gasteiger partial charge in [0.1, 0.15) is 0 Å². The largest absolute Gasteiger partial charge is 0.313 e. The van der Waals surface area contributed by atoms with Crippen molar-refractivity contribution in [2.75, 3.05) is 12.3 Å². The van der Waals surface area contributed by atoms with Crippen LogP contribution in [0.2, 0.25) is 4.34 Å². The molecule has 1 saturated heterocycles. The highest BCUT2D eigenvalue weighted by molar-refractivity contribution is 8.01. The second-order valence-corrected chi connectivity index (χ2v) is 6.20. The standard InChI is InChI=1S/C9H12ClNS2/c10-8-3-4-9(13-8)12-6-7-2-1-5-11-7/h3-4,7,11H,1-2,5-6H2. The highest BCUT2D eigenvalue weighted by Crippen LogP contribution is 2.31. The van der Waals surface area contributed by atoms with E-state index in [4.69, 9.17) is 11.6 Å². The molecule has 0 spiro atoms. The summed E-state index contributed by atoms with van der Waals surface area (Å²) in [6, 6.07) is 4.79. The van der Waals surface area contributed by atoms with Crippen molar-refractivity contribution in [3.05, 3.63) is 16.5 Å². The fourth-order valence-corrected chi connectivity index (χ4v) is 3.89. The summed E-state index contributed by atoms with van der Waals surface area (Å²) in [6.45, 7) is 1.19. The minimum absolute atomic E-state index is 0.714. The Hall–Kier alpha value is 0.300. The normalized spacial score (nSPS) is 22.4. The molecule has 0 aliphatic carbocycles. The monoisotopic (exact) mass is 233 g/mol. The van der Waals surface area contributed by atoms with Crippen LogP contribution in [-0.2, 0) is 0 Å². The molecule has 1 nitrogen and oxygen atoms in total. The van der Waals surface area contributed by atoms with Crippen molar-refractivity contribution in [2.45, 2.75) is 23.1 Å². The van der Waals surface area contributed by atoms with Crippen LogP contribution in [0.4, 0.5) is 0 Å². The van der Waals surface area contributed by atoms with E-state index in [1.165, 1.54) is 29.3 Å². The zero-order valence-corrected chi connectivity index (χ0v) is 9.64. The Kier molecular flexibility index (Phi) is 3.55. The number of hydrogen-bond donors (Lipinski definition) is 1. The molecule has 13 heavy (non-hydrogen) atoms. The molecule has 1 aromatic heterocycles. The van der Waals surface area contributed by atoms with Crippen LogP contribution >= 0.6 is 34.7 Å². The van der Waals surface area contributed by atoms with Gasteiger partial charge in [0.25, 0.3) is 0 Å². The smallest absolute Gasteiger partial charge is 0.0940 e. The van der Waals surface area contributed by atoms with E-state index in [-0.39, 0.29) is 0 Å². The SMILES string of the molecule is Clc1ccc(SCC2CCCN2)s1. The molecule has 0 bridgehead atoms. The first-order valence-electron chi connectivity index (χ1n) is 4.46.